The molecule has 0 aliphatic carbocycles. The van der Waals surface area contributed by atoms with Gasteiger partial charge in [-0.15, -0.1) is 6.58 Å². The number of carbonyl (C=O) groups is 2. The molecule has 5 heteroatoms. The Morgan fingerprint density at radius 2 is 1.77 bits per heavy atom. The Kier molecular flexibility index (Phi) is 5.43. The van der Waals surface area contributed by atoms with Gasteiger partial charge in [-0.05, 0) is 30.3 Å². The van der Waals surface area contributed by atoms with Gasteiger partial charge in [0.05, 0.1) is 12.2 Å². The average Bonchev–Trinajstić information content (AvgIpc) is 2.58. The minimum Gasteiger partial charge on any atom is -0.349 e. The third-order valence-corrected chi connectivity index (χ3v) is 2.95. The van der Waals surface area contributed by atoms with Crippen molar-refractivity contribution in [2.24, 2.45) is 0 Å². The van der Waals surface area contributed by atoms with E-state index in [1.54, 1.807) is 36.5 Å². The summed E-state index contributed by atoms with van der Waals surface area (Å²) in [6.45, 7) is 4.26. The zero-order chi connectivity index (χ0) is 15.8. The normalized spacial score (nSPS) is 9.82. The van der Waals surface area contributed by atoms with Crippen LogP contribution in [0.2, 0.25) is 0 Å². The van der Waals surface area contributed by atoms with E-state index in [-0.39, 0.29) is 11.8 Å². The first-order valence-corrected chi connectivity index (χ1v) is 6.88. The van der Waals surface area contributed by atoms with Gasteiger partial charge in [0.1, 0.15) is 0 Å². The number of rotatable bonds is 6. The summed E-state index contributed by atoms with van der Waals surface area (Å²) in [7, 11) is 0. The molecular formula is C17H17N3O2. The Morgan fingerprint density at radius 1 is 1.05 bits per heavy atom. The van der Waals surface area contributed by atoms with E-state index in [1.807, 2.05) is 18.2 Å². The van der Waals surface area contributed by atoms with E-state index in [0.717, 1.165) is 5.69 Å². The molecule has 0 bridgehead atoms. The monoisotopic (exact) mass is 295 g/mol. The molecule has 2 amide bonds. The molecule has 1 heterocycles. The van der Waals surface area contributed by atoms with Crippen LogP contribution in [0.1, 0.15) is 26.4 Å². The Hall–Kier alpha value is -2.95. The van der Waals surface area contributed by atoms with Gasteiger partial charge >= 0.3 is 0 Å². The van der Waals surface area contributed by atoms with E-state index >= 15 is 0 Å². The molecule has 0 radical (unpaired) electrons. The SMILES string of the molecule is C=CCNC(=O)c1cccc(C(=O)NCc2ccccn2)c1. The van der Waals surface area contributed by atoms with Crippen molar-refractivity contribution in [3.63, 3.8) is 0 Å². The average molecular weight is 295 g/mol. The number of hydrogen-bond acceptors (Lipinski definition) is 3. The van der Waals surface area contributed by atoms with Gasteiger partial charge in [0.25, 0.3) is 11.8 Å². The van der Waals surface area contributed by atoms with Gasteiger partial charge in [0, 0.05) is 23.9 Å². The van der Waals surface area contributed by atoms with E-state index < -0.39 is 0 Å². The van der Waals surface area contributed by atoms with Crippen molar-refractivity contribution in [2.45, 2.75) is 6.54 Å². The van der Waals surface area contributed by atoms with Crippen molar-refractivity contribution in [1.29, 1.82) is 0 Å². The van der Waals surface area contributed by atoms with E-state index in [4.69, 9.17) is 0 Å². The number of carbonyl (C=O) groups excluding carboxylic acids is 2. The zero-order valence-corrected chi connectivity index (χ0v) is 12.1. The van der Waals surface area contributed by atoms with E-state index in [0.29, 0.717) is 24.2 Å². The molecule has 0 saturated heterocycles. The minimum atomic E-state index is -0.246. The highest BCUT2D eigenvalue weighted by Gasteiger charge is 2.10. The van der Waals surface area contributed by atoms with Crippen molar-refractivity contribution < 1.29 is 9.59 Å². The number of pyridine rings is 1. The molecule has 1 aromatic carbocycles. The largest absolute Gasteiger partial charge is 0.349 e. The summed E-state index contributed by atoms with van der Waals surface area (Å²) in [6.07, 6.45) is 3.27. The molecular weight excluding hydrogens is 278 g/mol. The summed E-state index contributed by atoms with van der Waals surface area (Å²) in [5.74, 6) is -0.483. The predicted octanol–water partition coefficient (Wildman–Crippen LogP) is 1.93. The topological polar surface area (TPSA) is 71.1 Å². The number of nitrogens with zero attached hydrogens (tertiary/aromatic N) is 1. The molecule has 0 atom stereocenters. The van der Waals surface area contributed by atoms with E-state index in [9.17, 15) is 9.59 Å². The number of aromatic nitrogens is 1. The lowest BCUT2D eigenvalue weighted by atomic mass is 10.1. The third kappa shape index (κ3) is 4.28. The molecule has 0 fully saturated rings. The predicted molar refractivity (Wildman–Crippen MR) is 84.4 cm³/mol. The summed E-state index contributed by atoms with van der Waals surface area (Å²) in [5, 5.41) is 5.45. The first-order valence-electron chi connectivity index (χ1n) is 6.88. The Labute approximate surface area is 129 Å². The summed E-state index contributed by atoms with van der Waals surface area (Å²) in [5.41, 5.74) is 1.64. The molecule has 0 spiro atoms. The summed E-state index contributed by atoms with van der Waals surface area (Å²) >= 11 is 0. The van der Waals surface area contributed by atoms with Crippen molar-refractivity contribution in [1.82, 2.24) is 15.6 Å². The fourth-order valence-electron chi connectivity index (χ4n) is 1.84. The maximum Gasteiger partial charge on any atom is 0.251 e. The highest BCUT2D eigenvalue weighted by atomic mass is 16.2. The van der Waals surface area contributed by atoms with Crippen LogP contribution in [0.5, 0.6) is 0 Å². The van der Waals surface area contributed by atoms with Crippen LogP contribution in [0.25, 0.3) is 0 Å². The van der Waals surface area contributed by atoms with Gasteiger partial charge in [-0.25, -0.2) is 0 Å². The van der Waals surface area contributed by atoms with E-state index in [2.05, 4.69) is 22.2 Å². The second-order valence-electron chi connectivity index (χ2n) is 4.58. The summed E-state index contributed by atoms with van der Waals surface area (Å²) in [4.78, 5) is 28.1. The molecule has 0 aliphatic heterocycles. The molecule has 2 N–H and O–H groups in total. The van der Waals surface area contributed by atoms with Crippen LogP contribution in [0.15, 0.2) is 61.3 Å². The lowest BCUT2D eigenvalue weighted by Crippen LogP contribution is -2.25. The van der Waals surface area contributed by atoms with Crippen molar-refractivity contribution >= 4 is 11.8 Å². The number of amides is 2. The van der Waals surface area contributed by atoms with E-state index in [1.165, 1.54) is 0 Å². The first kappa shape index (κ1) is 15.4. The Morgan fingerprint density at radius 3 is 2.41 bits per heavy atom. The fourth-order valence-corrected chi connectivity index (χ4v) is 1.84. The van der Waals surface area contributed by atoms with Crippen LogP contribution >= 0.6 is 0 Å². The highest BCUT2D eigenvalue weighted by molar-refractivity contribution is 5.99. The van der Waals surface area contributed by atoms with Crippen LogP contribution in [-0.2, 0) is 6.54 Å². The maximum atomic E-state index is 12.1. The molecule has 22 heavy (non-hydrogen) atoms. The van der Waals surface area contributed by atoms with Gasteiger partial charge in [0.2, 0.25) is 0 Å². The summed E-state index contributed by atoms with van der Waals surface area (Å²) < 4.78 is 0. The molecule has 0 aliphatic rings. The van der Waals surface area contributed by atoms with Crippen LogP contribution < -0.4 is 10.6 Å². The Bertz CT molecular complexity index is 669. The molecule has 2 aromatic rings. The van der Waals surface area contributed by atoms with Crippen LogP contribution in [-0.4, -0.2) is 23.3 Å². The van der Waals surface area contributed by atoms with Gasteiger partial charge in [-0.1, -0.05) is 18.2 Å². The zero-order valence-electron chi connectivity index (χ0n) is 12.1. The molecule has 5 nitrogen and oxygen atoms in total. The van der Waals surface area contributed by atoms with Gasteiger partial charge < -0.3 is 10.6 Å². The second kappa shape index (κ2) is 7.73. The second-order valence-corrected chi connectivity index (χ2v) is 4.58. The van der Waals surface area contributed by atoms with Crippen molar-refractivity contribution in [2.75, 3.05) is 6.54 Å². The van der Waals surface area contributed by atoms with Gasteiger partial charge in [-0.2, -0.15) is 0 Å². The van der Waals surface area contributed by atoms with Crippen LogP contribution in [0.3, 0.4) is 0 Å². The smallest absolute Gasteiger partial charge is 0.251 e. The first-order chi connectivity index (χ1) is 10.7. The molecule has 0 saturated carbocycles. The number of nitrogens with one attached hydrogen (secondary N) is 2. The van der Waals surface area contributed by atoms with Crippen LogP contribution in [0, 0.1) is 0 Å². The molecule has 1 aromatic heterocycles. The summed E-state index contributed by atoms with van der Waals surface area (Å²) in [6, 6.07) is 12.1. The molecule has 0 unspecified atom stereocenters. The van der Waals surface area contributed by atoms with Gasteiger partial charge in [0.15, 0.2) is 0 Å². The van der Waals surface area contributed by atoms with Crippen LogP contribution in [0.4, 0.5) is 0 Å². The third-order valence-electron chi connectivity index (χ3n) is 2.95. The molecule has 2 rings (SSSR count). The highest BCUT2D eigenvalue weighted by Crippen LogP contribution is 2.06. The van der Waals surface area contributed by atoms with Crippen molar-refractivity contribution in [3.8, 4) is 0 Å². The Balaban J connectivity index is 2.00. The standard InChI is InChI=1S/C17H17N3O2/c1-2-9-19-16(21)13-6-5-7-14(11-13)17(22)20-12-15-8-3-4-10-18-15/h2-8,10-11H,1,9,12H2,(H,19,21)(H,20,22). The lowest BCUT2D eigenvalue weighted by Gasteiger charge is -2.07. The maximum absolute atomic E-state index is 12.1. The lowest BCUT2D eigenvalue weighted by molar-refractivity contribution is 0.0950. The number of hydrogen-bond donors (Lipinski definition) is 2. The van der Waals surface area contributed by atoms with Crippen molar-refractivity contribution in [3.05, 3.63) is 78.1 Å². The molecule has 112 valence electrons. The number of benzene rings is 1. The fraction of sp³-hybridized carbons (Fsp3) is 0.118. The van der Waals surface area contributed by atoms with Gasteiger partial charge in [-0.3, -0.25) is 14.6 Å². The quantitative estimate of drug-likeness (QED) is 0.800. The minimum absolute atomic E-state index is 0.237.